The first kappa shape index (κ1) is 38.0. The standard InChI is InChI=1S/C40H54N2O9/c1-48-34-22-20-27(24-35(34)49-2)19-21-33(30-16-11-17-31(25-30)50-26-36(43)44)51-40(47)32-18-9-10-23-42(32)39(46)37(28-12-5-3-6-13-28)41-38(45)29-14-7-4-8-15-29/h11,16-17,20,22,24-25,28-29,32-33,37H,3-10,12-15,18-19,21,23,26H2,1-2H3,(H,41,45)(H,43,44)/t32-,33?,37-/m0/s1. The number of nitrogens with zero attached hydrogens (tertiary/aromatic N) is 1. The zero-order valence-corrected chi connectivity index (χ0v) is 30.1. The fraction of sp³-hybridized carbons (Fsp3) is 0.600. The number of carbonyl (C=O) groups is 4. The van der Waals surface area contributed by atoms with E-state index in [4.69, 9.17) is 24.1 Å². The second kappa shape index (κ2) is 18.8. The Balaban J connectivity index is 1.36. The van der Waals surface area contributed by atoms with Crippen LogP contribution in [0.4, 0.5) is 0 Å². The van der Waals surface area contributed by atoms with Crippen LogP contribution < -0.4 is 19.5 Å². The van der Waals surface area contributed by atoms with Crippen molar-refractivity contribution in [2.24, 2.45) is 11.8 Å². The third-order valence-corrected chi connectivity index (χ3v) is 10.7. The average Bonchev–Trinajstić information content (AvgIpc) is 3.17. The van der Waals surface area contributed by atoms with Crippen LogP contribution in [-0.4, -0.2) is 73.2 Å². The Labute approximate surface area is 301 Å². The fourth-order valence-electron chi connectivity index (χ4n) is 7.90. The number of rotatable bonds is 15. The maximum Gasteiger partial charge on any atom is 0.341 e. The van der Waals surface area contributed by atoms with Gasteiger partial charge in [-0.05, 0) is 99.1 Å². The van der Waals surface area contributed by atoms with E-state index < -0.39 is 36.7 Å². The largest absolute Gasteiger partial charge is 0.493 e. The summed E-state index contributed by atoms with van der Waals surface area (Å²) in [5, 5.41) is 12.3. The van der Waals surface area contributed by atoms with Gasteiger partial charge in [0, 0.05) is 12.5 Å². The van der Waals surface area contributed by atoms with Gasteiger partial charge in [-0.25, -0.2) is 9.59 Å². The smallest absolute Gasteiger partial charge is 0.341 e. The van der Waals surface area contributed by atoms with Crippen molar-refractivity contribution >= 4 is 23.8 Å². The van der Waals surface area contributed by atoms with E-state index in [9.17, 15) is 19.2 Å². The summed E-state index contributed by atoms with van der Waals surface area (Å²) in [6.07, 6.45) is 12.1. The summed E-state index contributed by atoms with van der Waals surface area (Å²) in [6.45, 7) is -0.0753. The van der Waals surface area contributed by atoms with E-state index in [1.54, 1.807) is 37.3 Å². The van der Waals surface area contributed by atoms with Crippen molar-refractivity contribution in [3.05, 3.63) is 53.6 Å². The van der Waals surface area contributed by atoms with Gasteiger partial charge in [-0.15, -0.1) is 0 Å². The fourth-order valence-corrected chi connectivity index (χ4v) is 7.90. The molecule has 2 saturated carbocycles. The number of nitrogens with one attached hydrogen (secondary N) is 1. The molecule has 0 radical (unpaired) electrons. The lowest BCUT2D eigenvalue weighted by atomic mass is 9.82. The summed E-state index contributed by atoms with van der Waals surface area (Å²) in [5.41, 5.74) is 1.60. The summed E-state index contributed by atoms with van der Waals surface area (Å²) < 4.78 is 22.6. The van der Waals surface area contributed by atoms with Gasteiger partial charge < -0.3 is 34.3 Å². The maximum atomic E-state index is 14.5. The molecular weight excluding hydrogens is 652 g/mol. The number of carbonyl (C=O) groups excluding carboxylic acids is 3. The lowest BCUT2D eigenvalue weighted by molar-refractivity contribution is -0.163. The molecule has 11 nitrogen and oxygen atoms in total. The second-order valence-corrected chi connectivity index (χ2v) is 14.2. The van der Waals surface area contributed by atoms with Crippen LogP contribution in [-0.2, 0) is 30.3 Å². The van der Waals surface area contributed by atoms with E-state index in [0.717, 1.165) is 82.6 Å². The van der Waals surface area contributed by atoms with Crippen LogP contribution in [0, 0.1) is 11.8 Å². The molecule has 2 N–H and O–H groups in total. The minimum absolute atomic E-state index is 0.0324. The van der Waals surface area contributed by atoms with Gasteiger partial charge in [0.25, 0.3) is 0 Å². The lowest BCUT2D eigenvalue weighted by Crippen LogP contribution is -2.58. The molecule has 3 atom stereocenters. The van der Waals surface area contributed by atoms with Gasteiger partial charge in [-0.1, -0.05) is 56.7 Å². The van der Waals surface area contributed by atoms with Crippen LogP contribution in [0.1, 0.15) is 107 Å². The van der Waals surface area contributed by atoms with Crippen LogP contribution >= 0.6 is 0 Å². The molecule has 1 heterocycles. The molecule has 1 aliphatic heterocycles. The summed E-state index contributed by atoms with van der Waals surface area (Å²) in [7, 11) is 3.15. The Bertz CT molecular complexity index is 1480. The van der Waals surface area contributed by atoms with E-state index >= 15 is 0 Å². The highest BCUT2D eigenvalue weighted by molar-refractivity contribution is 5.91. The van der Waals surface area contributed by atoms with Crippen molar-refractivity contribution in [3.63, 3.8) is 0 Å². The number of piperidine rings is 1. The average molecular weight is 707 g/mol. The molecule has 1 unspecified atom stereocenters. The second-order valence-electron chi connectivity index (χ2n) is 14.2. The molecule has 51 heavy (non-hydrogen) atoms. The van der Waals surface area contributed by atoms with Crippen LogP contribution in [0.5, 0.6) is 17.2 Å². The van der Waals surface area contributed by atoms with Crippen molar-refractivity contribution < 1.29 is 43.2 Å². The molecule has 2 aromatic rings. The van der Waals surface area contributed by atoms with Crippen molar-refractivity contribution in [1.29, 1.82) is 0 Å². The van der Waals surface area contributed by atoms with Crippen LogP contribution in [0.15, 0.2) is 42.5 Å². The third-order valence-electron chi connectivity index (χ3n) is 10.7. The Kier molecular flexibility index (Phi) is 14.0. The predicted octanol–water partition coefficient (Wildman–Crippen LogP) is 6.41. The van der Waals surface area contributed by atoms with Gasteiger partial charge in [0.1, 0.15) is 23.9 Å². The van der Waals surface area contributed by atoms with Gasteiger partial charge in [0.15, 0.2) is 18.1 Å². The van der Waals surface area contributed by atoms with Crippen molar-refractivity contribution in [1.82, 2.24) is 10.2 Å². The molecule has 1 saturated heterocycles. The number of esters is 1. The molecule has 5 rings (SSSR count). The highest BCUT2D eigenvalue weighted by Crippen LogP contribution is 2.34. The van der Waals surface area contributed by atoms with Gasteiger partial charge in [-0.3, -0.25) is 9.59 Å². The number of aryl methyl sites for hydroxylation is 1. The summed E-state index contributed by atoms with van der Waals surface area (Å²) in [4.78, 5) is 55.1. The SMILES string of the molecule is COc1ccc(CCC(OC(=O)[C@@H]2CCCCN2C(=O)[C@@H](NC(=O)C2CCCCC2)C2CCCCC2)c2cccc(OCC(=O)O)c2)cc1OC. The molecule has 2 aromatic carbocycles. The van der Waals surface area contributed by atoms with Gasteiger partial charge in [-0.2, -0.15) is 0 Å². The molecule has 278 valence electrons. The van der Waals surface area contributed by atoms with E-state index in [1.807, 2.05) is 24.3 Å². The number of methoxy groups -OCH3 is 2. The topological polar surface area (TPSA) is 141 Å². The molecule has 2 amide bonds. The number of hydrogen-bond acceptors (Lipinski definition) is 8. The zero-order chi connectivity index (χ0) is 36.2. The molecule has 3 aliphatic rings. The summed E-state index contributed by atoms with van der Waals surface area (Å²) >= 11 is 0. The minimum atomic E-state index is -1.10. The molecule has 11 heteroatoms. The zero-order valence-electron chi connectivity index (χ0n) is 30.1. The minimum Gasteiger partial charge on any atom is -0.493 e. The van der Waals surface area contributed by atoms with Gasteiger partial charge >= 0.3 is 11.9 Å². The Hall–Kier alpha value is -4.28. The highest BCUT2D eigenvalue weighted by atomic mass is 16.5. The Morgan fingerprint density at radius 3 is 2.25 bits per heavy atom. The van der Waals surface area contributed by atoms with Crippen LogP contribution in [0.3, 0.4) is 0 Å². The third kappa shape index (κ3) is 10.4. The number of carboxylic acid groups (broad SMARTS) is 1. The molecule has 3 fully saturated rings. The molecule has 0 spiro atoms. The quantitative estimate of drug-likeness (QED) is 0.201. The first-order chi connectivity index (χ1) is 24.8. The normalized spacial score (nSPS) is 19.7. The van der Waals surface area contributed by atoms with Gasteiger partial charge in [0.2, 0.25) is 11.8 Å². The van der Waals surface area contributed by atoms with Crippen molar-refractivity contribution in [2.45, 2.75) is 114 Å². The van der Waals surface area contributed by atoms with Crippen molar-refractivity contribution in [2.75, 3.05) is 27.4 Å². The summed E-state index contributed by atoms with van der Waals surface area (Å²) in [6, 6.07) is 11.1. The number of aliphatic carboxylic acids is 1. The van der Waals surface area contributed by atoms with E-state index in [0.29, 0.717) is 48.6 Å². The van der Waals surface area contributed by atoms with Crippen LogP contribution in [0.25, 0.3) is 0 Å². The molecule has 0 bridgehead atoms. The lowest BCUT2D eigenvalue weighted by Gasteiger charge is -2.40. The van der Waals surface area contributed by atoms with E-state index in [-0.39, 0.29) is 23.7 Å². The maximum absolute atomic E-state index is 14.5. The van der Waals surface area contributed by atoms with Crippen LogP contribution in [0.2, 0.25) is 0 Å². The van der Waals surface area contributed by atoms with Gasteiger partial charge in [0.05, 0.1) is 14.2 Å². The first-order valence-corrected chi connectivity index (χ1v) is 18.7. The monoisotopic (exact) mass is 706 g/mol. The number of likely N-dealkylation sites (tertiary alicyclic amines) is 1. The number of carboxylic acids is 1. The van der Waals surface area contributed by atoms with E-state index in [2.05, 4.69) is 5.32 Å². The number of benzene rings is 2. The highest BCUT2D eigenvalue weighted by Gasteiger charge is 2.41. The van der Waals surface area contributed by atoms with Crippen molar-refractivity contribution in [3.8, 4) is 17.2 Å². The Morgan fingerprint density at radius 2 is 1.55 bits per heavy atom. The number of ether oxygens (including phenoxy) is 4. The first-order valence-electron chi connectivity index (χ1n) is 18.7. The predicted molar refractivity (Wildman–Crippen MR) is 191 cm³/mol. The molecule has 0 aromatic heterocycles. The number of hydrogen-bond donors (Lipinski definition) is 2. The summed E-state index contributed by atoms with van der Waals surface area (Å²) in [5.74, 6) is -0.280. The van der Waals surface area contributed by atoms with E-state index in [1.165, 1.54) is 0 Å². The number of amides is 2. The molecular formula is C40H54N2O9. The molecule has 2 aliphatic carbocycles. The Morgan fingerprint density at radius 1 is 0.843 bits per heavy atom.